The van der Waals surface area contributed by atoms with Crippen LogP contribution in [0, 0.1) is 5.82 Å². The van der Waals surface area contributed by atoms with Gasteiger partial charge in [0.1, 0.15) is 11.6 Å². The van der Waals surface area contributed by atoms with E-state index in [-0.39, 0.29) is 21.6 Å². The quantitative estimate of drug-likeness (QED) is 0.825. The number of halogens is 2. The first-order chi connectivity index (χ1) is 7.04. The average molecular weight is 274 g/mol. The van der Waals surface area contributed by atoms with Crippen LogP contribution in [0.5, 0.6) is 5.75 Å². The Morgan fingerprint density at radius 3 is 2.87 bits per heavy atom. The normalized spacial score (nSPS) is 25.8. The van der Waals surface area contributed by atoms with E-state index < -0.39 is 0 Å². The van der Waals surface area contributed by atoms with E-state index in [0.717, 1.165) is 19.4 Å². The van der Waals surface area contributed by atoms with Crippen LogP contribution in [-0.4, -0.2) is 11.7 Å². The van der Waals surface area contributed by atoms with Crippen LogP contribution in [0.3, 0.4) is 0 Å². The topological polar surface area (TPSA) is 32.3 Å². The standard InChI is InChI=1S/C11H13BrFNO/c1-11(5-2-6-14-11)7-3-4-8(15)9(12)10(7)13/h3-4,14-15H,2,5-6H2,1H3. The highest BCUT2D eigenvalue weighted by Crippen LogP contribution is 2.37. The smallest absolute Gasteiger partial charge is 0.146 e. The minimum absolute atomic E-state index is 0.0575. The molecule has 15 heavy (non-hydrogen) atoms. The monoisotopic (exact) mass is 273 g/mol. The molecule has 4 heteroatoms. The van der Waals surface area contributed by atoms with Gasteiger partial charge in [0, 0.05) is 11.1 Å². The summed E-state index contributed by atoms with van der Waals surface area (Å²) < 4.78 is 14.1. The van der Waals surface area contributed by atoms with E-state index in [9.17, 15) is 9.50 Å². The Morgan fingerprint density at radius 2 is 2.27 bits per heavy atom. The van der Waals surface area contributed by atoms with Gasteiger partial charge in [-0.05, 0) is 48.3 Å². The van der Waals surface area contributed by atoms with Gasteiger partial charge in [0.05, 0.1) is 4.47 Å². The van der Waals surface area contributed by atoms with E-state index in [2.05, 4.69) is 21.2 Å². The summed E-state index contributed by atoms with van der Waals surface area (Å²) in [7, 11) is 0. The molecule has 1 aliphatic heterocycles. The van der Waals surface area contributed by atoms with Crippen molar-refractivity contribution in [2.75, 3.05) is 6.54 Å². The van der Waals surface area contributed by atoms with Crippen molar-refractivity contribution in [3.63, 3.8) is 0 Å². The third kappa shape index (κ3) is 1.76. The molecule has 1 atom stereocenters. The van der Waals surface area contributed by atoms with E-state index in [4.69, 9.17) is 0 Å². The Balaban J connectivity index is 2.49. The number of aromatic hydroxyl groups is 1. The number of benzene rings is 1. The van der Waals surface area contributed by atoms with Crippen LogP contribution in [0.15, 0.2) is 16.6 Å². The molecule has 1 aliphatic rings. The molecule has 1 aromatic rings. The molecule has 1 heterocycles. The lowest BCUT2D eigenvalue weighted by atomic mass is 9.90. The summed E-state index contributed by atoms with van der Waals surface area (Å²) in [5, 5.41) is 12.6. The van der Waals surface area contributed by atoms with E-state index in [1.165, 1.54) is 6.07 Å². The Labute approximate surface area is 96.6 Å². The molecule has 82 valence electrons. The summed E-state index contributed by atoms with van der Waals surface area (Å²) in [6, 6.07) is 3.17. The molecule has 2 N–H and O–H groups in total. The van der Waals surface area contributed by atoms with E-state index in [0.29, 0.717) is 5.56 Å². The number of phenolic OH excluding ortho intramolecular Hbond substituents is 1. The molecule has 0 saturated carbocycles. The fourth-order valence-corrected chi connectivity index (χ4v) is 2.44. The molecule has 1 aromatic carbocycles. The molecule has 1 fully saturated rings. The molecule has 0 bridgehead atoms. The van der Waals surface area contributed by atoms with Crippen LogP contribution in [-0.2, 0) is 5.54 Å². The summed E-state index contributed by atoms with van der Waals surface area (Å²) in [5.41, 5.74) is 0.310. The first-order valence-corrected chi connectivity index (χ1v) is 5.76. The predicted octanol–water partition coefficient (Wildman–Crippen LogP) is 2.89. The molecule has 0 aliphatic carbocycles. The van der Waals surface area contributed by atoms with Crippen LogP contribution in [0.1, 0.15) is 25.3 Å². The third-order valence-electron chi connectivity index (χ3n) is 3.03. The molecule has 1 unspecified atom stereocenters. The Hall–Kier alpha value is -0.610. The summed E-state index contributed by atoms with van der Waals surface area (Å²) in [5.74, 6) is -0.426. The SMILES string of the molecule is CC1(c2ccc(O)c(Br)c2F)CCCN1. The van der Waals surface area contributed by atoms with E-state index in [1.807, 2.05) is 6.92 Å². The van der Waals surface area contributed by atoms with Gasteiger partial charge in [0.15, 0.2) is 0 Å². The maximum Gasteiger partial charge on any atom is 0.146 e. The zero-order valence-corrected chi connectivity index (χ0v) is 10.1. The van der Waals surface area contributed by atoms with Crippen molar-refractivity contribution in [2.24, 2.45) is 0 Å². The fourth-order valence-electron chi connectivity index (χ4n) is 2.09. The highest BCUT2D eigenvalue weighted by atomic mass is 79.9. The minimum Gasteiger partial charge on any atom is -0.507 e. The number of phenols is 1. The van der Waals surface area contributed by atoms with Crippen molar-refractivity contribution in [3.8, 4) is 5.75 Å². The molecule has 0 radical (unpaired) electrons. The molecule has 2 nitrogen and oxygen atoms in total. The van der Waals surface area contributed by atoms with Crippen LogP contribution >= 0.6 is 15.9 Å². The van der Waals surface area contributed by atoms with Gasteiger partial charge in [-0.25, -0.2) is 4.39 Å². The molecule has 0 amide bonds. The maximum atomic E-state index is 13.9. The van der Waals surface area contributed by atoms with Gasteiger partial charge in [0.25, 0.3) is 0 Å². The number of hydrogen-bond donors (Lipinski definition) is 2. The summed E-state index contributed by atoms with van der Waals surface area (Å²) in [6.45, 7) is 2.90. The van der Waals surface area contributed by atoms with Gasteiger partial charge in [-0.3, -0.25) is 0 Å². The largest absolute Gasteiger partial charge is 0.507 e. The second-order valence-corrected chi connectivity index (χ2v) is 4.92. The van der Waals surface area contributed by atoms with E-state index >= 15 is 0 Å². The van der Waals surface area contributed by atoms with Crippen molar-refractivity contribution >= 4 is 15.9 Å². The van der Waals surface area contributed by atoms with Crippen molar-refractivity contribution in [2.45, 2.75) is 25.3 Å². The number of nitrogens with one attached hydrogen (secondary N) is 1. The van der Waals surface area contributed by atoms with Gasteiger partial charge in [-0.1, -0.05) is 6.07 Å². The van der Waals surface area contributed by atoms with E-state index in [1.54, 1.807) is 6.07 Å². The van der Waals surface area contributed by atoms with Crippen LogP contribution in [0.2, 0.25) is 0 Å². The minimum atomic E-state index is -0.369. The van der Waals surface area contributed by atoms with Gasteiger partial charge in [0.2, 0.25) is 0 Å². The lowest BCUT2D eigenvalue weighted by Gasteiger charge is -2.26. The van der Waals surface area contributed by atoms with Gasteiger partial charge < -0.3 is 10.4 Å². The lowest BCUT2D eigenvalue weighted by Crippen LogP contribution is -2.34. The van der Waals surface area contributed by atoms with Crippen molar-refractivity contribution in [1.29, 1.82) is 0 Å². The highest BCUT2D eigenvalue weighted by Gasteiger charge is 2.33. The summed E-state index contributed by atoms with van der Waals surface area (Å²) in [4.78, 5) is 0. The second-order valence-electron chi connectivity index (χ2n) is 4.12. The van der Waals surface area contributed by atoms with Crippen molar-refractivity contribution in [3.05, 3.63) is 28.0 Å². The van der Waals surface area contributed by atoms with Crippen molar-refractivity contribution < 1.29 is 9.50 Å². The molecule has 1 saturated heterocycles. The molecule has 2 rings (SSSR count). The molecular weight excluding hydrogens is 261 g/mol. The third-order valence-corrected chi connectivity index (χ3v) is 3.78. The summed E-state index contributed by atoms with van der Waals surface area (Å²) in [6.07, 6.45) is 1.97. The van der Waals surface area contributed by atoms with Crippen LogP contribution < -0.4 is 5.32 Å². The van der Waals surface area contributed by atoms with Gasteiger partial charge in [-0.15, -0.1) is 0 Å². The fraction of sp³-hybridized carbons (Fsp3) is 0.455. The predicted molar refractivity (Wildman–Crippen MR) is 60.4 cm³/mol. The second kappa shape index (κ2) is 3.76. The Morgan fingerprint density at radius 1 is 1.53 bits per heavy atom. The zero-order valence-electron chi connectivity index (χ0n) is 8.48. The maximum absolute atomic E-state index is 13.9. The lowest BCUT2D eigenvalue weighted by molar-refractivity contribution is 0.403. The van der Waals surface area contributed by atoms with Gasteiger partial charge in [-0.2, -0.15) is 0 Å². The van der Waals surface area contributed by atoms with Crippen LogP contribution in [0.4, 0.5) is 4.39 Å². The number of rotatable bonds is 1. The average Bonchev–Trinajstić information content (AvgIpc) is 2.62. The van der Waals surface area contributed by atoms with Crippen molar-refractivity contribution in [1.82, 2.24) is 5.32 Å². The first kappa shape index (κ1) is 10.9. The highest BCUT2D eigenvalue weighted by molar-refractivity contribution is 9.10. The van der Waals surface area contributed by atoms with Gasteiger partial charge >= 0.3 is 0 Å². The van der Waals surface area contributed by atoms with Crippen LogP contribution in [0.25, 0.3) is 0 Å². The number of hydrogen-bond acceptors (Lipinski definition) is 2. The molecular formula is C11H13BrFNO. The molecule has 0 aromatic heterocycles. The zero-order chi connectivity index (χ0) is 11.1. The molecule has 0 spiro atoms. The Bertz CT molecular complexity index is 388. The Kier molecular flexibility index (Phi) is 2.73. The summed E-state index contributed by atoms with van der Waals surface area (Å²) >= 11 is 3.05. The first-order valence-electron chi connectivity index (χ1n) is 4.97.